The number of nitrogens with two attached hydrogens (primary N) is 1. The molecule has 0 atom stereocenters. The Balaban J connectivity index is 2.87. The van der Waals surface area contributed by atoms with Crippen LogP contribution in [0.5, 0.6) is 0 Å². The first-order valence-corrected chi connectivity index (χ1v) is 4.03. The maximum Gasteiger partial charge on any atom is 0.176 e. The third-order valence-electron chi connectivity index (χ3n) is 1.69. The first kappa shape index (κ1) is 9.34. The number of nitrogen functional groups attached to an aromatic ring is 1. The normalized spacial score (nSPS) is 8.69. The highest BCUT2D eigenvalue weighted by atomic mass is 16.1. The highest BCUT2D eigenvalue weighted by Crippen LogP contribution is 2.12. The molecule has 13 heavy (non-hydrogen) atoms. The molecule has 0 saturated carbocycles. The SMILES string of the molecule is CC#CCC(=O)c1ccccc1N. The summed E-state index contributed by atoms with van der Waals surface area (Å²) in [5.74, 6) is 5.37. The Labute approximate surface area is 77.8 Å². The van der Waals surface area contributed by atoms with Gasteiger partial charge in [-0.1, -0.05) is 18.1 Å². The van der Waals surface area contributed by atoms with Gasteiger partial charge in [-0.15, -0.1) is 5.92 Å². The first-order chi connectivity index (χ1) is 6.25. The van der Waals surface area contributed by atoms with Crippen LogP contribution < -0.4 is 5.73 Å². The van der Waals surface area contributed by atoms with Crippen LogP contribution in [0.25, 0.3) is 0 Å². The van der Waals surface area contributed by atoms with Gasteiger partial charge in [-0.05, 0) is 19.1 Å². The van der Waals surface area contributed by atoms with Crippen molar-refractivity contribution < 1.29 is 4.79 Å². The molecule has 0 aliphatic carbocycles. The molecule has 0 aliphatic rings. The van der Waals surface area contributed by atoms with Gasteiger partial charge in [-0.2, -0.15) is 0 Å². The number of hydrogen-bond donors (Lipinski definition) is 1. The van der Waals surface area contributed by atoms with Gasteiger partial charge in [0.05, 0.1) is 6.42 Å². The molecular weight excluding hydrogens is 162 g/mol. The number of carbonyl (C=O) groups is 1. The molecule has 0 unspecified atom stereocenters. The predicted octanol–water partition coefficient (Wildman–Crippen LogP) is 1.86. The Morgan fingerprint density at radius 1 is 1.46 bits per heavy atom. The Hall–Kier alpha value is -1.75. The van der Waals surface area contributed by atoms with Crippen LogP contribution in [0.1, 0.15) is 23.7 Å². The van der Waals surface area contributed by atoms with Crippen molar-refractivity contribution in [1.82, 2.24) is 0 Å². The summed E-state index contributed by atoms with van der Waals surface area (Å²) in [6, 6.07) is 7.03. The van der Waals surface area contributed by atoms with Crippen LogP contribution in [0.15, 0.2) is 24.3 Å². The minimum atomic E-state index is -0.0209. The van der Waals surface area contributed by atoms with Crippen LogP contribution in [-0.4, -0.2) is 5.78 Å². The van der Waals surface area contributed by atoms with Gasteiger partial charge in [-0.25, -0.2) is 0 Å². The molecule has 0 aliphatic heterocycles. The van der Waals surface area contributed by atoms with E-state index in [0.29, 0.717) is 11.3 Å². The fourth-order valence-corrected chi connectivity index (χ4v) is 1.01. The molecule has 0 amide bonds. The number of carbonyl (C=O) groups excluding carboxylic acids is 1. The molecule has 2 N–H and O–H groups in total. The largest absolute Gasteiger partial charge is 0.398 e. The number of anilines is 1. The van der Waals surface area contributed by atoms with Crippen molar-refractivity contribution in [3.05, 3.63) is 29.8 Å². The first-order valence-electron chi connectivity index (χ1n) is 4.03. The zero-order valence-corrected chi connectivity index (χ0v) is 7.50. The van der Waals surface area contributed by atoms with Crippen LogP contribution in [0.2, 0.25) is 0 Å². The quantitative estimate of drug-likeness (QED) is 0.421. The maximum atomic E-state index is 11.4. The second kappa shape index (κ2) is 4.32. The Morgan fingerprint density at radius 3 is 2.77 bits per heavy atom. The smallest absolute Gasteiger partial charge is 0.176 e. The van der Waals surface area contributed by atoms with Crippen LogP contribution in [0, 0.1) is 11.8 Å². The van der Waals surface area contributed by atoms with Gasteiger partial charge in [0, 0.05) is 11.3 Å². The molecule has 1 aromatic rings. The number of hydrogen-bond acceptors (Lipinski definition) is 2. The van der Waals surface area contributed by atoms with Gasteiger partial charge in [0.25, 0.3) is 0 Å². The average Bonchev–Trinajstić information content (AvgIpc) is 2.15. The Kier molecular flexibility index (Phi) is 3.10. The number of benzene rings is 1. The lowest BCUT2D eigenvalue weighted by atomic mass is 10.1. The highest BCUT2D eigenvalue weighted by Gasteiger charge is 2.06. The van der Waals surface area contributed by atoms with Crippen molar-refractivity contribution in [2.24, 2.45) is 0 Å². The van der Waals surface area contributed by atoms with Gasteiger partial charge in [0.1, 0.15) is 0 Å². The average molecular weight is 173 g/mol. The predicted molar refractivity (Wildman–Crippen MR) is 53.3 cm³/mol. The molecule has 1 aromatic carbocycles. The molecule has 0 spiro atoms. The van der Waals surface area contributed by atoms with Crippen LogP contribution in [0.4, 0.5) is 5.69 Å². The fourth-order valence-electron chi connectivity index (χ4n) is 1.01. The second-order valence-electron chi connectivity index (χ2n) is 2.61. The molecule has 0 heterocycles. The van der Waals surface area contributed by atoms with E-state index in [1.54, 1.807) is 31.2 Å². The third kappa shape index (κ3) is 2.34. The minimum Gasteiger partial charge on any atom is -0.398 e. The minimum absolute atomic E-state index is 0.0209. The molecule has 2 heteroatoms. The molecule has 0 fully saturated rings. The fraction of sp³-hybridized carbons (Fsp3) is 0.182. The summed E-state index contributed by atoms with van der Waals surface area (Å²) in [5.41, 5.74) is 6.70. The lowest BCUT2D eigenvalue weighted by Gasteiger charge is -2.00. The van der Waals surface area contributed by atoms with E-state index in [0.717, 1.165) is 0 Å². The van der Waals surface area contributed by atoms with Crippen molar-refractivity contribution in [3.63, 3.8) is 0 Å². The molecule has 66 valence electrons. The molecule has 0 bridgehead atoms. The Bertz CT molecular complexity index is 371. The van der Waals surface area contributed by atoms with E-state index in [2.05, 4.69) is 11.8 Å². The van der Waals surface area contributed by atoms with E-state index in [-0.39, 0.29) is 12.2 Å². The Morgan fingerprint density at radius 2 is 2.15 bits per heavy atom. The van der Waals surface area contributed by atoms with Gasteiger partial charge < -0.3 is 5.73 Å². The number of Topliss-reactive ketones (excluding diaryl/α,β-unsaturated/α-hetero) is 1. The van der Waals surface area contributed by atoms with Crippen LogP contribution >= 0.6 is 0 Å². The standard InChI is InChI=1S/C11H11NO/c1-2-3-8-11(13)9-6-4-5-7-10(9)12/h4-7H,8,12H2,1H3. The van der Waals surface area contributed by atoms with Crippen molar-refractivity contribution in [3.8, 4) is 11.8 Å². The van der Waals surface area contributed by atoms with Crippen molar-refractivity contribution in [1.29, 1.82) is 0 Å². The topological polar surface area (TPSA) is 43.1 Å². The summed E-state index contributed by atoms with van der Waals surface area (Å²) >= 11 is 0. The summed E-state index contributed by atoms with van der Waals surface area (Å²) < 4.78 is 0. The molecule has 2 nitrogen and oxygen atoms in total. The summed E-state index contributed by atoms with van der Waals surface area (Å²) in [6.07, 6.45) is 0.241. The van der Waals surface area contributed by atoms with E-state index in [9.17, 15) is 4.79 Å². The molecule has 0 radical (unpaired) electrons. The monoisotopic (exact) mass is 173 g/mol. The number of para-hydroxylation sites is 1. The van der Waals surface area contributed by atoms with Crippen LogP contribution in [-0.2, 0) is 0 Å². The summed E-state index contributed by atoms with van der Waals surface area (Å²) in [6.45, 7) is 1.71. The van der Waals surface area contributed by atoms with Crippen molar-refractivity contribution >= 4 is 11.5 Å². The highest BCUT2D eigenvalue weighted by molar-refractivity contribution is 6.01. The summed E-state index contributed by atoms with van der Waals surface area (Å²) in [4.78, 5) is 11.4. The zero-order valence-electron chi connectivity index (χ0n) is 7.50. The zero-order chi connectivity index (χ0) is 9.68. The van der Waals surface area contributed by atoms with Gasteiger partial charge in [0.15, 0.2) is 5.78 Å². The molecule has 0 aromatic heterocycles. The van der Waals surface area contributed by atoms with E-state index in [4.69, 9.17) is 5.73 Å². The second-order valence-corrected chi connectivity index (χ2v) is 2.61. The van der Waals surface area contributed by atoms with Crippen molar-refractivity contribution in [2.45, 2.75) is 13.3 Å². The molecular formula is C11H11NO. The summed E-state index contributed by atoms with van der Waals surface area (Å²) in [5, 5.41) is 0. The number of ketones is 1. The van der Waals surface area contributed by atoms with E-state index in [1.165, 1.54) is 0 Å². The molecule has 1 rings (SSSR count). The van der Waals surface area contributed by atoms with Gasteiger partial charge in [0.2, 0.25) is 0 Å². The van der Waals surface area contributed by atoms with E-state index >= 15 is 0 Å². The third-order valence-corrected chi connectivity index (χ3v) is 1.69. The van der Waals surface area contributed by atoms with Crippen LogP contribution in [0.3, 0.4) is 0 Å². The molecule has 0 saturated heterocycles. The van der Waals surface area contributed by atoms with Crippen molar-refractivity contribution in [2.75, 3.05) is 5.73 Å². The lowest BCUT2D eigenvalue weighted by Crippen LogP contribution is -2.02. The number of rotatable bonds is 2. The van der Waals surface area contributed by atoms with E-state index < -0.39 is 0 Å². The maximum absolute atomic E-state index is 11.4. The summed E-state index contributed by atoms with van der Waals surface area (Å²) in [7, 11) is 0. The van der Waals surface area contributed by atoms with E-state index in [1.807, 2.05) is 0 Å². The van der Waals surface area contributed by atoms with Gasteiger partial charge in [-0.3, -0.25) is 4.79 Å². The lowest BCUT2D eigenvalue weighted by molar-refractivity contribution is 0.0999. The van der Waals surface area contributed by atoms with Gasteiger partial charge >= 0.3 is 0 Å².